The fourth-order valence-corrected chi connectivity index (χ4v) is 2.71. The summed E-state index contributed by atoms with van der Waals surface area (Å²) in [6.07, 6.45) is 4.05. The summed E-state index contributed by atoms with van der Waals surface area (Å²) in [5.41, 5.74) is 2.03. The smallest absolute Gasteiger partial charge is 0.234 e. The molecular weight excluding hydrogens is 264 g/mol. The van der Waals surface area contributed by atoms with Crippen LogP contribution >= 0.6 is 0 Å². The summed E-state index contributed by atoms with van der Waals surface area (Å²) in [4.78, 5) is 18.6. The van der Waals surface area contributed by atoms with Crippen molar-refractivity contribution in [2.45, 2.75) is 38.8 Å². The first-order chi connectivity index (χ1) is 10.1. The number of piperidine rings is 1. The summed E-state index contributed by atoms with van der Waals surface area (Å²) in [7, 11) is 2.04. The number of nitrogens with one attached hydrogen (secondary N) is 2. The van der Waals surface area contributed by atoms with E-state index in [1.54, 1.807) is 0 Å². The molecule has 0 aromatic carbocycles. The Morgan fingerprint density at radius 3 is 2.81 bits per heavy atom. The highest BCUT2D eigenvalue weighted by atomic mass is 16.2. The molecule has 1 fully saturated rings. The molecule has 1 saturated heterocycles. The van der Waals surface area contributed by atoms with Crippen molar-refractivity contribution in [3.63, 3.8) is 0 Å². The van der Waals surface area contributed by atoms with E-state index in [0.29, 0.717) is 12.6 Å². The van der Waals surface area contributed by atoms with Crippen molar-refractivity contribution in [1.82, 2.24) is 20.5 Å². The van der Waals surface area contributed by atoms with E-state index in [1.165, 1.54) is 0 Å². The van der Waals surface area contributed by atoms with Crippen LogP contribution in [0.15, 0.2) is 18.3 Å². The monoisotopic (exact) mass is 290 g/mol. The van der Waals surface area contributed by atoms with Crippen LogP contribution in [0.25, 0.3) is 0 Å². The van der Waals surface area contributed by atoms with E-state index < -0.39 is 0 Å². The summed E-state index contributed by atoms with van der Waals surface area (Å²) >= 11 is 0. The molecule has 1 amide bonds. The number of aromatic nitrogens is 1. The van der Waals surface area contributed by atoms with Crippen molar-refractivity contribution >= 4 is 5.91 Å². The molecule has 0 spiro atoms. The van der Waals surface area contributed by atoms with E-state index >= 15 is 0 Å². The molecule has 1 aliphatic heterocycles. The number of likely N-dealkylation sites (N-methyl/N-ethyl adjacent to an activating group) is 1. The van der Waals surface area contributed by atoms with Gasteiger partial charge in [-0.15, -0.1) is 0 Å². The van der Waals surface area contributed by atoms with Gasteiger partial charge in [0.2, 0.25) is 5.91 Å². The van der Waals surface area contributed by atoms with Gasteiger partial charge in [0.25, 0.3) is 0 Å². The van der Waals surface area contributed by atoms with Crippen LogP contribution in [-0.4, -0.2) is 48.5 Å². The Morgan fingerprint density at radius 1 is 1.48 bits per heavy atom. The minimum absolute atomic E-state index is 0.00739. The third kappa shape index (κ3) is 4.79. The minimum Gasteiger partial charge on any atom is -0.348 e. The largest absolute Gasteiger partial charge is 0.348 e. The summed E-state index contributed by atoms with van der Waals surface area (Å²) < 4.78 is 0. The van der Waals surface area contributed by atoms with Gasteiger partial charge in [-0.25, -0.2) is 0 Å². The van der Waals surface area contributed by atoms with Crippen LogP contribution in [0.4, 0.5) is 0 Å². The van der Waals surface area contributed by atoms with Gasteiger partial charge in [-0.2, -0.15) is 0 Å². The highest BCUT2D eigenvalue weighted by Crippen LogP contribution is 2.12. The molecule has 2 heterocycles. The van der Waals surface area contributed by atoms with Gasteiger partial charge < -0.3 is 10.6 Å². The lowest BCUT2D eigenvalue weighted by Crippen LogP contribution is -2.45. The fraction of sp³-hybridized carbons (Fsp3) is 0.625. The topological polar surface area (TPSA) is 57.3 Å². The normalized spacial score (nSPS) is 17.7. The first kappa shape index (κ1) is 15.9. The molecule has 0 unspecified atom stereocenters. The molecule has 0 bridgehead atoms. The van der Waals surface area contributed by atoms with E-state index in [2.05, 4.69) is 20.5 Å². The molecule has 1 aromatic rings. The predicted molar refractivity (Wildman–Crippen MR) is 84.1 cm³/mol. The highest BCUT2D eigenvalue weighted by Gasteiger charge is 2.20. The molecular formula is C16H26N4O. The Labute approximate surface area is 127 Å². The summed E-state index contributed by atoms with van der Waals surface area (Å²) in [5, 5.41) is 6.40. The van der Waals surface area contributed by atoms with Gasteiger partial charge >= 0.3 is 0 Å². The van der Waals surface area contributed by atoms with Gasteiger partial charge in [0.05, 0.1) is 12.6 Å². The molecule has 2 N–H and O–H groups in total. The van der Waals surface area contributed by atoms with Crippen molar-refractivity contribution in [3.05, 3.63) is 29.6 Å². The Hall–Kier alpha value is -1.46. The van der Waals surface area contributed by atoms with E-state index in [0.717, 1.165) is 37.2 Å². The van der Waals surface area contributed by atoms with Crippen LogP contribution in [-0.2, 0) is 4.79 Å². The van der Waals surface area contributed by atoms with Crippen LogP contribution in [0.1, 0.15) is 37.1 Å². The van der Waals surface area contributed by atoms with E-state index in [-0.39, 0.29) is 11.9 Å². The van der Waals surface area contributed by atoms with Gasteiger partial charge in [0.1, 0.15) is 0 Å². The first-order valence-corrected chi connectivity index (χ1v) is 7.69. The maximum Gasteiger partial charge on any atom is 0.234 e. The number of aryl methyl sites for hydroxylation is 1. The van der Waals surface area contributed by atoms with E-state index in [4.69, 9.17) is 0 Å². The first-order valence-electron chi connectivity index (χ1n) is 7.69. The molecule has 0 radical (unpaired) electrons. The van der Waals surface area contributed by atoms with Gasteiger partial charge in [-0.1, -0.05) is 6.07 Å². The summed E-state index contributed by atoms with van der Waals surface area (Å²) in [6.45, 7) is 6.49. The predicted octanol–water partition coefficient (Wildman–Crippen LogP) is 1.25. The molecule has 1 aliphatic rings. The number of amides is 1. The van der Waals surface area contributed by atoms with Crippen molar-refractivity contribution in [3.8, 4) is 0 Å². The molecule has 0 aliphatic carbocycles. The Bertz CT molecular complexity index is 454. The quantitative estimate of drug-likeness (QED) is 0.857. The Balaban J connectivity index is 1.81. The van der Waals surface area contributed by atoms with Crippen LogP contribution in [0.3, 0.4) is 0 Å². The third-order valence-corrected chi connectivity index (χ3v) is 4.14. The Morgan fingerprint density at radius 2 is 2.19 bits per heavy atom. The lowest BCUT2D eigenvalue weighted by atomic mass is 10.1. The zero-order valence-corrected chi connectivity index (χ0v) is 13.2. The highest BCUT2D eigenvalue weighted by molar-refractivity contribution is 5.78. The second kappa shape index (κ2) is 7.52. The zero-order valence-electron chi connectivity index (χ0n) is 13.2. The number of nitrogens with zero attached hydrogens (tertiary/aromatic N) is 2. The van der Waals surface area contributed by atoms with Gasteiger partial charge in [-0.3, -0.25) is 14.7 Å². The van der Waals surface area contributed by atoms with Crippen molar-refractivity contribution in [2.24, 2.45) is 0 Å². The number of hydrogen-bond donors (Lipinski definition) is 2. The van der Waals surface area contributed by atoms with Crippen LogP contribution in [0, 0.1) is 6.92 Å². The maximum absolute atomic E-state index is 12.2. The SMILES string of the molecule is Cc1ccc([C@H](C)NC(=O)CN(C)C2CCNCC2)cn1. The third-order valence-electron chi connectivity index (χ3n) is 4.14. The lowest BCUT2D eigenvalue weighted by Gasteiger charge is -2.31. The second-order valence-corrected chi connectivity index (χ2v) is 5.92. The lowest BCUT2D eigenvalue weighted by molar-refractivity contribution is -0.123. The maximum atomic E-state index is 12.2. The molecule has 1 atom stereocenters. The number of carbonyl (C=O) groups excluding carboxylic acids is 1. The molecule has 21 heavy (non-hydrogen) atoms. The van der Waals surface area contributed by atoms with Crippen LogP contribution in [0.5, 0.6) is 0 Å². The molecule has 116 valence electrons. The number of hydrogen-bond acceptors (Lipinski definition) is 4. The van der Waals surface area contributed by atoms with E-state index in [9.17, 15) is 4.79 Å². The van der Waals surface area contributed by atoms with Crippen molar-refractivity contribution in [1.29, 1.82) is 0 Å². The minimum atomic E-state index is -0.00739. The second-order valence-electron chi connectivity index (χ2n) is 5.92. The molecule has 0 saturated carbocycles. The van der Waals surface area contributed by atoms with Crippen molar-refractivity contribution < 1.29 is 4.79 Å². The average molecular weight is 290 g/mol. The summed E-state index contributed by atoms with van der Waals surface area (Å²) in [5.74, 6) is 0.0732. The molecule has 1 aromatic heterocycles. The zero-order chi connectivity index (χ0) is 15.2. The van der Waals surface area contributed by atoms with E-state index in [1.807, 2.05) is 39.2 Å². The van der Waals surface area contributed by atoms with Gasteiger partial charge in [0, 0.05) is 17.9 Å². The molecule has 2 rings (SSSR count). The van der Waals surface area contributed by atoms with Gasteiger partial charge in [0.15, 0.2) is 0 Å². The number of carbonyl (C=O) groups is 1. The van der Waals surface area contributed by atoms with Crippen LogP contribution in [0.2, 0.25) is 0 Å². The van der Waals surface area contributed by atoms with Gasteiger partial charge in [-0.05, 0) is 58.5 Å². The number of pyridine rings is 1. The standard InChI is InChI=1S/C16H26N4O/c1-12-4-5-14(10-18-12)13(2)19-16(21)11-20(3)15-6-8-17-9-7-15/h4-5,10,13,15,17H,6-9,11H2,1-3H3,(H,19,21)/t13-/m0/s1. The fourth-order valence-electron chi connectivity index (χ4n) is 2.71. The Kier molecular flexibility index (Phi) is 5.70. The number of rotatable bonds is 5. The average Bonchev–Trinajstić information content (AvgIpc) is 2.48. The molecule has 5 nitrogen and oxygen atoms in total. The van der Waals surface area contributed by atoms with Crippen LogP contribution < -0.4 is 10.6 Å². The summed E-state index contributed by atoms with van der Waals surface area (Å²) in [6, 6.07) is 4.49. The molecule has 5 heteroatoms. The van der Waals surface area contributed by atoms with Crippen molar-refractivity contribution in [2.75, 3.05) is 26.7 Å².